The Morgan fingerprint density at radius 1 is 1.12 bits per heavy atom. The predicted octanol–water partition coefficient (Wildman–Crippen LogP) is 2.68. The van der Waals surface area contributed by atoms with Crippen LogP contribution < -0.4 is 4.74 Å². The van der Waals surface area contributed by atoms with Gasteiger partial charge in [0, 0.05) is 24.9 Å². The highest BCUT2D eigenvalue weighted by molar-refractivity contribution is 7.99. The van der Waals surface area contributed by atoms with Crippen LogP contribution in [0, 0.1) is 0 Å². The van der Waals surface area contributed by atoms with E-state index >= 15 is 0 Å². The lowest BCUT2D eigenvalue weighted by Crippen LogP contribution is -2.47. The first-order chi connectivity index (χ1) is 12.1. The number of ether oxygens (including phenoxy) is 1. The fourth-order valence-corrected chi connectivity index (χ4v) is 6.35. The molecule has 5 nitrogen and oxygen atoms in total. The molecule has 3 rings (SSSR count). The molecule has 2 aliphatic rings. The fraction of sp³-hybridized carbons (Fsp3) is 0.667. The molecule has 2 heterocycles. The first kappa shape index (κ1) is 19.0. The lowest BCUT2D eigenvalue weighted by atomic mass is 10.3. The van der Waals surface area contributed by atoms with Crippen molar-refractivity contribution >= 4 is 21.8 Å². The molecule has 7 heteroatoms. The Hall–Kier alpha value is -0.760. The van der Waals surface area contributed by atoms with E-state index in [0.29, 0.717) is 23.8 Å². The van der Waals surface area contributed by atoms with Gasteiger partial charge >= 0.3 is 0 Å². The minimum Gasteiger partial charge on any atom is -0.494 e. The van der Waals surface area contributed by atoms with Gasteiger partial charge in [-0.25, -0.2) is 8.42 Å². The molecule has 0 N–H and O–H groups in total. The number of hydrogen-bond acceptors (Lipinski definition) is 5. The molecule has 0 amide bonds. The number of benzene rings is 1. The van der Waals surface area contributed by atoms with Gasteiger partial charge in [0.05, 0.1) is 11.5 Å². The summed E-state index contributed by atoms with van der Waals surface area (Å²) in [7, 11) is -3.47. The van der Waals surface area contributed by atoms with E-state index in [2.05, 4.69) is 4.90 Å². The van der Waals surface area contributed by atoms with Crippen LogP contribution in [0.15, 0.2) is 29.2 Å². The maximum absolute atomic E-state index is 13.3. The lowest BCUT2D eigenvalue weighted by molar-refractivity contribution is 0.243. The molecule has 0 bridgehead atoms. The highest BCUT2D eigenvalue weighted by Gasteiger charge is 2.34. The smallest absolute Gasteiger partial charge is 0.243 e. The quantitative estimate of drug-likeness (QED) is 0.755. The molecule has 0 saturated carbocycles. The summed E-state index contributed by atoms with van der Waals surface area (Å²) in [5.41, 5.74) is 0. The topological polar surface area (TPSA) is 49.9 Å². The number of likely N-dealkylation sites (tertiary alicyclic amines) is 1. The van der Waals surface area contributed by atoms with E-state index in [0.717, 1.165) is 37.6 Å². The van der Waals surface area contributed by atoms with Crippen LogP contribution in [-0.2, 0) is 10.0 Å². The van der Waals surface area contributed by atoms with Crippen LogP contribution in [-0.4, -0.2) is 68.0 Å². The van der Waals surface area contributed by atoms with Crippen molar-refractivity contribution in [2.24, 2.45) is 0 Å². The fourth-order valence-electron chi connectivity index (χ4n) is 3.54. The molecule has 0 aliphatic carbocycles. The van der Waals surface area contributed by atoms with Gasteiger partial charge in [0.2, 0.25) is 10.0 Å². The first-order valence-electron chi connectivity index (χ1n) is 9.16. The van der Waals surface area contributed by atoms with Gasteiger partial charge in [-0.1, -0.05) is 0 Å². The van der Waals surface area contributed by atoms with E-state index in [4.69, 9.17) is 4.74 Å². The van der Waals surface area contributed by atoms with Crippen molar-refractivity contribution in [3.8, 4) is 5.75 Å². The van der Waals surface area contributed by atoms with Gasteiger partial charge in [-0.2, -0.15) is 16.1 Å². The minimum absolute atomic E-state index is 0.0576. The second-order valence-electron chi connectivity index (χ2n) is 6.61. The summed E-state index contributed by atoms with van der Waals surface area (Å²) in [4.78, 5) is 2.78. The van der Waals surface area contributed by atoms with E-state index in [9.17, 15) is 8.42 Å². The molecule has 0 spiro atoms. The Kier molecular flexibility index (Phi) is 6.66. The zero-order valence-corrected chi connectivity index (χ0v) is 16.5. The Morgan fingerprint density at radius 2 is 1.84 bits per heavy atom. The van der Waals surface area contributed by atoms with Gasteiger partial charge in [0.25, 0.3) is 0 Å². The Morgan fingerprint density at radius 3 is 2.52 bits per heavy atom. The number of nitrogens with zero attached hydrogens (tertiary/aromatic N) is 2. The monoisotopic (exact) mass is 384 g/mol. The lowest BCUT2D eigenvalue weighted by Gasteiger charge is -2.31. The molecule has 1 atom stereocenters. The average Bonchev–Trinajstić information content (AvgIpc) is 2.99. The van der Waals surface area contributed by atoms with Gasteiger partial charge in [0.15, 0.2) is 0 Å². The van der Waals surface area contributed by atoms with Crippen LogP contribution in [0.4, 0.5) is 0 Å². The Balaban J connectivity index is 1.80. The van der Waals surface area contributed by atoms with Crippen LogP contribution >= 0.6 is 11.8 Å². The summed E-state index contributed by atoms with van der Waals surface area (Å²) in [5, 5.41) is 0. The minimum atomic E-state index is -3.47. The van der Waals surface area contributed by atoms with E-state index < -0.39 is 10.0 Å². The standard InChI is InChI=1S/C18H28N2O3S2/c1-2-23-17-6-8-18(9-7-17)25(21,22)20-12-5-13-24-15-16(20)14-19-10-3-4-11-19/h6-9,16H,2-5,10-15H2,1H3. The molecule has 0 aromatic heterocycles. The van der Waals surface area contributed by atoms with Crippen molar-refractivity contribution in [1.82, 2.24) is 9.21 Å². The number of rotatable bonds is 6. The Labute approximate surface area is 155 Å². The van der Waals surface area contributed by atoms with Crippen molar-refractivity contribution in [3.05, 3.63) is 24.3 Å². The summed E-state index contributed by atoms with van der Waals surface area (Å²) >= 11 is 1.88. The normalized spacial score (nSPS) is 23.5. The van der Waals surface area contributed by atoms with Crippen LogP contribution in [0.3, 0.4) is 0 Å². The van der Waals surface area contributed by atoms with Crippen molar-refractivity contribution < 1.29 is 13.2 Å². The van der Waals surface area contributed by atoms with Crippen molar-refractivity contribution in [2.45, 2.75) is 37.1 Å². The molecule has 2 saturated heterocycles. The highest BCUT2D eigenvalue weighted by Crippen LogP contribution is 2.26. The van der Waals surface area contributed by atoms with Crippen molar-refractivity contribution in [2.75, 3.05) is 44.3 Å². The molecule has 2 fully saturated rings. The van der Waals surface area contributed by atoms with Crippen molar-refractivity contribution in [3.63, 3.8) is 0 Å². The molecule has 0 radical (unpaired) electrons. The van der Waals surface area contributed by atoms with Crippen LogP contribution in [0.2, 0.25) is 0 Å². The highest BCUT2D eigenvalue weighted by atomic mass is 32.2. The molecule has 1 aromatic carbocycles. The largest absolute Gasteiger partial charge is 0.494 e. The van der Waals surface area contributed by atoms with Gasteiger partial charge in [-0.3, -0.25) is 0 Å². The second-order valence-corrected chi connectivity index (χ2v) is 9.65. The summed E-state index contributed by atoms with van der Waals surface area (Å²) in [5.74, 6) is 2.62. The number of thioether (sulfide) groups is 1. The van der Waals surface area contributed by atoms with Gasteiger partial charge in [-0.15, -0.1) is 0 Å². The molecule has 25 heavy (non-hydrogen) atoms. The van der Waals surface area contributed by atoms with E-state index in [1.54, 1.807) is 28.6 Å². The second kappa shape index (κ2) is 8.75. The molecular weight excluding hydrogens is 356 g/mol. The summed E-state index contributed by atoms with van der Waals surface area (Å²) < 4.78 is 33.7. The van der Waals surface area contributed by atoms with Gasteiger partial charge in [-0.05, 0) is 69.3 Å². The van der Waals surface area contributed by atoms with Gasteiger partial charge in [0.1, 0.15) is 5.75 Å². The number of hydrogen-bond donors (Lipinski definition) is 0. The van der Waals surface area contributed by atoms with Crippen LogP contribution in [0.5, 0.6) is 5.75 Å². The zero-order chi connectivity index (χ0) is 17.7. The molecule has 1 aromatic rings. The summed E-state index contributed by atoms with van der Waals surface area (Å²) in [6, 6.07) is 6.90. The first-order valence-corrected chi connectivity index (χ1v) is 11.8. The van der Waals surface area contributed by atoms with E-state index in [1.807, 2.05) is 18.7 Å². The molecule has 2 aliphatic heterocycles. The van der Waals surface area contributed by atoms with E-state index in [1.165, 1.54) is 12.8 Å². The van der Waals surface area contributed by atoms with Crippen LogP contribution in [0.25, 0.3) is 0 Å². The van der Waals surface area contributed by atoms with E-state index in [-0.39, 0.29) is 6.04 Å². The van der Waals surface area contributed by atoms with Crippen molar-refractivity contribution in [1.29, 1.82) is 0 Å². The third kappa shape index (κ3) is 4.70. The predicted molar refractivity (Wildman–Crippen MR) is 103 cm³/mol. The molecule has 1 unspecified atom stereocenters. The molecular formula is C18H28N2O3S2. The average molecular weight is 385 g/mol. The summed E-state index contributed by atoms with van der Waals surface area (Å²) in [6.07, 6.45) is 3.37. The Bertz CT molecular complexity index is 643. The zero-order valence-electron chi connectivity index (χ0n) is 14.9. The van der Waals surface area contributed by atoms with Crippen LogP contribution in [0.1, 0.15) is 26.2 Å². The third-order valence-corrected chi connectivity index (χ3v) is 7.96. The maximum atomic E-state index is 13.3. The third-order valence-electron chi connectivity index (χ3n) is 4.79. The van der Waals surface area contributed by atoms with Gasteiger partial charge < -0.3 is 9.64 Å². The summed E-state index contributed by atoms with van der Waals surface area (Å²) in [6.45, 7) is 6.15. The SMILES string of the molecule is CCOc1ccc(S(=O)(=O)N2CCCSCC2CN2CCCC2)cc1. The maximum Gasteiger partial charge on any atom is 0.243 e. The molecule has 140 valence electrons. The number of sulfonamides is 1.